The van der Waals surface area contributed by atoms with Gasteiger partial charge in [0.1, 0.15) is 11.5 Å². The lowest BCUT2D eigenvalue weighted by atomic mass is 10.1. The first kappa shape index (κ1) is 20.7. The van der Waals surface area contributed by atoms with Gasteiger partial charge in [0.25, 0.3) is 11.8 Å². The van der Waals surface area contributed by atoms with E-state index in [-0.39, 0.29) is 41.5 Å². The maximum absolute atomic E-state index is 13.0. The number of rotatable bonds is 4. The number of benzene rings is 1. The summed E-state index contributed by atoms with van der Waals surface area (Å²) in [6.45, 7) is 0.470. The second kappa shape index (κ2) is 8.18. The molecule has 1 aliphatic rings. The molecule has 2 heterocycles. The number of nitrogens with one attached hydrogen (secondary N) is 1. The number of amides is 2. The second-order valence-corrected chi connectivity index (χ2v) is 6.68. The van der Waals surface area contributed by atoms with Gasteiger partial charge in [-0.05, 0) is 42.3 Å². The van der Waals surface area contributed by atoms with Gasteiger partial charge in [0.2, 0.25) is 0 Å². The number of nitrogens with two attached hydrogens (primary N) is 1. The number of aliphatic hydroxyl groups excluding tert-OH is 1. The van der Waals surface area contributed by atoms with Crippen LogP contribution >= 0.6 is 0 Å². The molecule has 0 radical (unpaired) electrons. The molecule has 10 heteroatoms. The fraction of sp³-hybridized carbons (Fsp3) is 0.316. The molecule has 154 valence electrons. The van der Waals surface area contributed by atoms with Crippen LogP contribution in [0.3, 0.4) is 0 Å². The van der Waals surface area contributed by atoms with Crippen molar-refractivity contribution in [2.45, 2.75) is 25.2 Å². The summed E-state index contributed by atoms with van der Waals surface area (Å²) >= 11 is 0. The molecule has 4 N–H and O–H groups in total. The number of carbonyl (C=O) groups is 2. The fourth-order valence-electron chi connectivity index (χ4n) is 3.01. The van der Waals surface area contributed by atoms with Crippen molar-refractivity contribution < 1.29 is 27.9 Å². The molecular formula is C19H19F3N4O3. The van der Waals surface area contributed by atoms with Gasteiger partial charge in [-0.2, -0.15) is 13.2 Å². The molecule has 1 atom stereocenters. The summed E-state index contributed by atoms with van der Waals surface area (Å²) < 4.78 is 39.0. The van der Waals surface area contributed by atoms with E-state index < -0.39 is 23.9 Å². The Morgan fingerprint density at radius 1 is 1.24 bits per heavy atom. The molecule has 3 rings (SSSR count). The van der Waals surface area contributed by atoms with E-state index in [1.165, 1.54) is 35.2 Å². The Morgan fingerprint density at radius 3 is 2.59 bits per heavy atom. The largest absolute Gasteiger partial charge is 0.433 e. The van der Waals surface area contributed by atoms with Crippen LogP contribution in [0.15, 0.2) is 36.4 Å². The van der Waals surface area contributed by atoms with E-state index in [1.807, 2.05) is 0 Å². The lowest BCUT2D eigenvalue weighted by molar-refractivity contribution is -0.141. The van der Waals surface area contributed by atoms with E-state index in [0.717, 1.165) is 6.07 Å². The maximum atomic E-state index is 13.0. The monoisotopic (exact) mass is 408 g/mol. The minimum absolute atomic E-state index is 0.0871. The third kappa shape index (κ3) is 4.90. The van der Waals surface area contributed by atoms with Crippen molar-refractivity contribution in [1.29, 1.82) is 0 Å². The summed E-state index contributed by atoms with van der Waals surface area (Å²) in [5.41, 5.74) is 4.76. The van der Waals surface area contributed by atoms with Crippen LogP contribution in [0.5, 0.6) is 0 Å². The molecule has 2 amide bonds. The van der Waals surface area contributed by atoms with Gasteiger partial charge in [-0.1, -0.05) is 6.07 Å². The topological polar surface area (TPSA) is 109 Å². The highest BCUT2D eigenvalue weighted by Gasteiger charge is 2.33. The van der Waals surface area contributed by atoms with E-state index in [2.05, 4.69) is 10.3 Å². The number of aromatic nitrogens is 1. The van der Waals surface area contributed by atoms with E-state index in [4.69, 9.17) is 5.73 Å². The smallest absolute Gasteiger partial charge is 0.391 e. The van der Waals surface area contributed by atoms with Crippen molar-refractivity contribution in [1.82, 2.24) is 9.88 Å². The number of pyridine rings is 1. The van der Waals surface area contributed by atoms with Crippen molar-refractivity contribution >= 4 is 17.6 Å². The Balaban J connectivity index is 1.80. The number of halogens is 3. The number of anilines is 1. The standard InChI is InChI=1S/C19H19F3N4O3/c20-19(21,22)15-6-11(9-23)7-16(24-15)25-17(28)12-2-1-3-13(8-12)18(29)26-5-4-14(27)10-26/h1-3,6-8,14,27H,4-5,9-10,23H2,(H,24,25,28). The molecule has 0 saturated carbocycles. The highest BCUT2D eigenvalue weighted by atomic mass is 19.4. The molecule has 1 fully saturated rings. The average molecular weight is 408 g/mol. The summed E-state index contributed by atoms with van der Waals surface area (Å²) in [6, 6.07) is 7.88. The van der Waals surface area contributed by atoms with E-state index in [0.29, 0.717) is 13.0 Å². The van der Waals surface area contributed by atoms with Crippen LogP contribution in [-0.4, -0.2) is 46.0 Å². The summed E-state index contributed by atoms with van der Waals surface area (Å²) in [5.74, 6) is -1.33. The van der Waals surface area contributed by atoms with Crippen LogP contribution in [0.1, 0.15) is 38.4 Å². The maximum Gasteiger partial charge on any atom is 0.433 e. The zero-order valence-corrected chi connectivity index (χ0v) is 15.2. The average Bonchev–Trinajstić information content (AvgIpc) is 3.12. The minimum atomic E-state index is -4.68. The third-order valence-corrected chi connectivity index (χ3v) is 4.48. The molecule has 1 aliphatic heterocycles. The van der Waals surface area contributed by atoms with Gasteiger partial charge in [-0.15, -0.1) is 0 Å². The predicted octanol–water partition coefficient (Wildman–Crippen LogP) is 2.02. The molecule has 0 spiro atoms. The number of aliphatic hydroxyl groups is 1. The van der Waals surface area contributed by atoms with Gasteiger partial charge in [0, 0.05) is 30.8 Å². The first-order valence-corrected chi connectivity index (χ1v) is 8.84. The van der Waals surface area contributed by atoms with Crippen molar-refractivity contribution in [2.24, 2.45) is 5.73 Å². The molecule has 1 aromatic heterocycles. The first-order valence-electron chi connectivity index (χ1n) is 8.84. The Kier molecular flexibility index (Phi) is 5.85. The molecule has 2 aromatic rings. The van der Waals surface area contributed by atoms with Gasteiger partial charge in [-0.25, -0.2) is 4.98 Å². The summed E-state index contributed by atoms with van der Waals surface area (Å²) in [5, 5.41) is 11.9. The van der Waals surface area contributed by atoms with Crippen LogP contribution < -0.4 is 11.1 Å². The molecule has 29 heavy (non-hydrogen) atoms. The Labute approximate surface area is 164 Å². The zero-order valence-electron chi connectivity index (χ0n) is 15.2. The highest BCUT2D eigenvalue weighted by Crippen LogP contribution is 2.29. The SMILES string of the molecule is NCc1cc(NC(=O)c2cccc(C(=O)N3CCC(O)C3)c2)nc(C(F)(F)F)c1. The normalized spacial score (nSPS) is 16.7. The molecular weight excluding hydrogens is 389 g/mol. The minimum Gasteiger partial charge on any atom is -0.391 e. The van der Waals surface area contributed by atoms with E-state index >= 15 is 0 Å². The van der Waals surface area contributed by atoms with Crippen molar-refractivity contribution in [3.63, 3.8) is 0 Å². The summed E-state index contributed by atoms with van der Waals surface area (Å²) in [4.78, 5) is 29.9. The van der Waals surface area contributed by atoms with Gasteiger partial charge < -0.3 is 21.1 Å². The van der Waals surface area contributed by atoms with Gasteiger partial charge in [0.15, 0.2) is 0 Å². The van der Waals surface area contributed by atoms with Crippen LogP contribution in [0.4, 0.5) is 19.0 Å². The highest BCUT2D eigenvalue weighted by molar-refractivity contribution is 6.05. The number of β-amino-alcohol motifs (C(OH)–C–C–N with tert-alkyl or cyclic N) is 1. The summed E-state index contributed by atoms with van der Waals surface area (Å²) in [7, 11) is 0. The Morgan fingerprint density at radius 2 is 1.97 bits per heavy atom. The second-order valence-electron chi connectivity index (χ2n) is 6.68. The van der Waals surface area contributed by atoms with Crippen molar-refractivity contribution in [3.8, 4) is 0 Å². The molecule has 1 saturated heterocycles. The number of nitrogens with zero attached hydrogens (tertiary/aromatic N) is 2. The molecule has 0 aliphatic carbocycles. The van der Waals surface area contributed by atoms with Gasteiger partial charge >= 0.3 is 6.18 Å². The molecule has 0 bridgehead atoms. The lowest BCUT2D eigenvalue weighted by Crippen LogP contribution is -2.29. The zero-order chi connectivity index (χ0) is 21.2. The Bertz CT molecular complexity index is 933. The van der Waals surface area contributed by atoms with Crippen LogP contribution in [0.25, 0.3) is 0 Å². The number of carbonyl (C=O) groups excluding carboxylic acids is 2. The quantitative estimate of drug-likeness (QED) is 0.717. The van der Waals surface area contributed by atoms with Crippen LogP contribution in [-0.2, 0) is 12.7 Å². The van der Waals surface area contributed by atoms with Crippen molar-refractivity contribution in [2.75, 3.05) is 18.4 Å². The van der Waals surface area contributed by atoms with Crippen LogP contribution in [0.2, 0.25) is 0 Å². The van der Waals surface area contributed by atoms with Gasteiger partial charge in [0.05, 0.1) is 6.10 Å². The number of alkyl halides is 3. The van der Waals surface area contributed by atoms with E-state index in [9.17, 15) is 27.9 Å². The summed E-state index contributed by atoms with van der Waals surface area (Å²) in [6.07, 6.45) is -4.78. The Hall–Kier alpha value is -2.98. The first-order chi connectivity index (χ1) is 13.7. The van der Waals surface area contributed by atoms with Gasteiger partial charge in [-0.3, -0.25) is 9.59 Å². The molecule has 7 nitrogen and oxygen atoms in total. The predicted molar refractivity (Wildman–Crippen MR) is 98.1 cm³/mol. The molecule has 1 aromatic carbocycles. The fourth-order valence-corrected chi connectivity index (χ4v) is 3.01. The van der Waals surface area contributed by atoms with Crippen LogP contribution in [0, 0.1) is 0 Å². The lowest BCUT2D eigenvalue weighted by Gasteiger charge is -2.16. The third-order valence-electron chi connectivity index (χ3n) is 4.48. The number of likely N-dealkylation sites (tertiary alicyclic amines) is 1. The van der Waals surface area contributed by atoms with Crippen molar-refractivity contribution in [3.05, 3.63) is 58.8 Å². The number of hydrogen-bond donors (Lipinski definition) is 3. The molecule has 1 unspecified atom stereocenters. The van der Waals surface area contributed by atoms with E-state index in [1.54, 1.807) is 0 Å². The number of hydrogen-bond acceptors (Lipinski definition) is 5.